The monoisotopic (exact) mass is 322 g/mol. The molecule has 1 aliphatic rings. The van der Waals surface area contributed by atoms with Crippen LogP contribution in [0, 0.1) is 0 Å². The molecule has 0 aliphatic heterocycles. The zero-order chi connectivity index (χ0) is 14.2. The highest BCUT2D eigenvalue weighted by Gasteiger charge is 2.24. The number of halogens is 2. The lowest BCUT2D eigenvalue weighted by Crippen LogP contribution is -2.39. The molecule has 5 nitrogen and oxygen atoms in total. The third-order valence-corrected chi connectivity index (χ3v) is 4.70. The highest BCUT2D eigenvalue weighted by Crippen LogP contribution is 2.28. The van der Waals surface area contributed by atoms with E-state index in [0.29, 0.717) is 0 Å². The summed E-state index contributed by atoms with van der Waals surface area (Å²) in [5.41, 5.74) is 0.0574. The van der Waals surface area contributed by atoms with Crippen LogP contribution in [-0.2, 0) is 10.0 Å². The fourth-order valence-corrected chi connectivity index (χ4v) is 3.14. The van der Waals surface area contributed by atoms with Crippen molar-refractivity contribution in [1.29, 1.82) is 0 Å². The van der Waals surface area contributed by atoms with Crippen molar-refractivity contribution in [1.82, 2.24) is 5.32 Å². The zero-order valence-corrected chi connectivity index (χ0v) is 12.1. The van der Waals surface area contributed by atoms with Gasteiger partial charge in [0.1, 0.15) is 4.90 Å². The normalized spacial score (nSPS) is 15.9. The van der Waals surface area contributed by atoms with Crippen LogP contribution in [0.3, 0.4) is 0 Å². The van der Waals surface area contributed by atoms with E-state index < -0.39 is 15.9 Å². The van der Waals surface area contributed by atoms with Crippen LogP contribution < -0.4 is 10.5 Å². The predicted molar refractivity (Wildman–Crippen MR) is 72.9 cm³/mol. The van der Waals surface area contributed by atoms with Crippen LogP contribution >= 0.6 is 23.2 Å². The van der Waals surface area contributed by atoms with Gasteiger partial charge in [0, 0.05) is 6.04 Å². The van der Waals surface area contributed by atoms with Crippen LogP contribution in [0.5, 0.6) is 0 Å². The molecule has 104 valence electrons. The molecule has 1 aromatic rings. The van der Waals surface area contributed by atoms with Crippen LogP contribution in [-0.4, -0.2) is 20.4 Å². The Kier molecular flexibility index (Phi) is 4.06. The van der Waals surface area contributed by atoms with Gasteiger partial charge in [0.05, 0.1) is 15.6 Å². The summed E-state index contributed by atoms with van der Waals surface area (Å²) in [7, 11) is -4.00. The second-order valence-electron chi connectivity index (χ2n) is 4.41. The molecule has 8 heteroatoms. The second-order valence-corrected chi connectivity index (χ2v) is 6.75. The van der Waals surface area contributed by atoms with Gasteiger partial charge in [0.15, 0.2) is 0 Å². The number of benzene rings is 1. The van der Waals surface area contributed by atoms with Gasteiger partial charge < -0.3 is 5.32 Å². The molecule has 0 radical (unpaired) electrons. The first kappa shape index (κ1) is 14.6. The minimum absolute atomic E-state index is 0.0574. The molecule has 1 fully saturated rings. The van der Waals surface area contributed by atoms with Gasteiger partial charge in [-0.1, -0.05) is 23.2 Å². The molecule has 0 heterocycles. The summed E-state index contributed by atoms with van der Waals surface area (Å²) in [6, 6.07) is 2.43. The van der Waals surface area contributed by atoms with Crippen LogP contribution in [0.2, 0.25) is 10.0 Å². The number of sulfonamides is 1. The number of primary sulfonamides is 1. The molecule has 0 aromatic heterocycles. The summed E-state index contributed by atoms with van der Waals surface area (Å²) >= 11 is 11.7. The molecule has 2 rings (SSSR count). The van der Waals surface area contributed by atoms with Crippen molar-refractivity contribution < 1.29 is 13.2 Å². The molecule has 3 N–H and O–H groups in total. The van der Waals surface area contributed by atoms with Gasteiger partial charge in [-0.3, -0.25) is 4.79 Å². The van der Waals surface area contributed by atoms with Crippen molar-refractivity contribution in [3.8, 4) is 0 Å². The van der Waals surface area contributed by atoms with E-state index in [1.165, 1.54) is 6.07 Å². The van der Waals surface area contributed by atoms with Gasteiger partial charge in [-0.15, -0.1) is 0 Å². The van der Waals surface area contributed by atoms with E-state index in [0.717, 1.165) is 25.3 Å². The van der Waals surface area contributed by atoms with E-state index in [1.54, 1.807) is 0 Å². The lowest BCUT2D eigenvalue weighted by atomic mass is 9.93. The fraction of sp³-hybridized carbons (Fsp3) is 0.364. The quantitative estimate of drug-likeness (QED) is 0.890. The Morgan fingerprint density at radius 2 is 1.89 bits per heavy atom. The summed E-state index contributed by atoms with van der Waals surface area (Å²) in [6.45, 7) is 0. The Bertz CT molecular complexity index is 627. The second kappa shape index (κ2) is 5.28. The standard InChI is InChI=1S/C11H12Cl2N2O3S/c12-8-5-9(13)10(19(14,17)18)4-7(8)11(16)15-6-2-1-3-6/h4-6H,1-3H2,(H,15,16)(H2,14,17,18). The van der Waals surface area contributed by atoms with Gasteiger partial charge >= 0.3 is 0 Å². The maximum Gasteiger partial charge on any atom is 0.253 e. The first-order chi connectivity index (χ1) is 8.79. The van der Waals surface area contributed by atoms with Gasteiger partial charge in [-0.2, -0.15) is 0 Å². The van der Waals surface area contributed by atoms with Gasteiger partial charge in [0.25, 0.3) is 5.91 Å². The van der Waals surface area contributed by atoms with E-state index in [9.17, 15) is 13.2 Å². The Morgan fingerprint density at radius 1 is 1.26 bits per heavy atom. The molecule has 1 saturated carbocycles. The lowest BCUT2D eigenvalue weighted by molar-refractivity contribution is 0.0917. The average molecular weight is 323 g/mol. The minimum atomic E-state index is -4.00. The largest absolute Gasteiger partial charge is 0.349 e. The maximum atomic E-state index is 12.0. The number of nitrogens with two attached hydrogens (primary N) is 1. The van der Waals surface area contributed by atoms with Crippen molar-refractivity contribution in [3.63, 3.8) is 0 Å². The van der Waals surface area contributed by atoms with Crippen LogP contribution in [0.15, 0.2) is 17.0 Å². The van der Waals surface area contributed by atoms with Crippen molar-refractivity contribution >= 4 is 39.1 Å². The van der Waals surface area contributed by atoms with Crippen LogP contribution in [0.4, 0.5) is 0 Å². The summed E-state index contributed by atoms with van der Waals surface area (Å²) in [5, 5.41) is 7.79. The molecule has 0 bridgehead atoms. The zero-order valence-electron chi connectivity index (χ0n) is 9.82. The average Bonchev–Trinajstić information content (AvgIpc) is 2.21. The lowest BCUT2D eigenvalue weighted by Gasteiger charge is -2.26. The molecule has 0 atom stereocenters. The van der Waals surface area contributed by atoms with Gasteiger partial charge in [-0.25, -0.2) is 13.6 Å². The molecule has 19 heavy (non-hydrogen) atoms. The maximum absolute atomic E-state index is 12.0. The summed E-state index contributed by atoms with van der Waals surface area (Å²) in [4.78, 5) is 11.7. The molecule has 0 saturated heterocycles. The highest BCUT2D eigenvalue weighted by atomic mass is 35.5. The molecule has 0 spiro atoms. The van der Waals surface area contributed by atoms with Gasteiger partial charge in [-0.05, 0) is 31.4 Å². The summed E-state index contributed by atoms with van der Waals surface area (Å²) in [5.74, 6) is -0.420. The van der Waals surface area contributed by atoms with Crippen LogP contribution in [0.1, 0.15) is 29.6 Å². The molecule has 1 aromatic carbocycles. The van der Waals surface area contributed by atoms with Crippen molar-refractivity contribution in [3.05, 3.63) is 27.7 Å². The topological polar surface area (TPSA) is 89.3 Å². The molecular weight excluding hydrogens is 311 g/mol. The molecular formula is C11H12Cl2N2O3S. The fourth-order valence-electron chi connectivity index (χ4n) is 1.74. The van der Waals surface area contributed by atoms with E-state index in [-0.39, 0.29) is 26.5 Å². The van der Waals surface area contributed by atoms with E-state index in [1.807, 2.05) is 0 Å². The Balaban J connectivity index is 2.36. The molecule has 1 amide bonds. The third-order valence-electron chi connectivity index (χ3n) is 3.01. The van der Waals surface area contributed by atoms with Crippen LogP contribution in [0.25, 0.3) is 0 Å². The number of hydrogen-bond donors (Lipinski definition) is 2. The Labute approximate surface area is 121 Å². The van der Waals surface area contributed by atoms with Gasteiger partial charge in [0.2, 0.25) is 10.0 Å². The molecule has 0 unspecified atom stereocenters. The SMILES string of the molecule is NS(=O)(=O)c1cc(C(=O)NC2CCC2)c(Cl)cc1Cl. The third kappa shape index (κ3) is 3.20. The van der Waals surface area contributed by atoms with E-state index in [2.05, 4.69) is 5.32 Å². The van der Waals surface area contributed by atoms with E-state index >= 15 is 0 Å². The summed E-state index contributed by atoms with van der Waals surface area (Å²) in [6.07, 6.45) is 2.90. The number of amides is 1. The smallest absolute Gasteiger partial charge is 0.253 e. The first-order valence-electron chi connectivity index (χ1n) is 5.62. The number of nitrogens with one attached hydrogen (secondary N) is 1. The molecule has 1 aliphatic carbocycles. The minimum Gasteiger partial charge on any atom is -0.349 e. The van der Waals surface area contributed by atoms with Crippen molar-refractivity contribution in [2.45, 2.75) is 30.2 Å². The Morgan fingerprint density at radius 3 is 2.37 bits per heavy atom. The number of carbonyl (C=O) groups excluding carboxylic acids is 1. The Hall–Kier alpha value is -0.820. The number of rotatable bonds is 3. The number of carbonyl (C=O) groups is 1. The first-order valence-corrected chi connectivity index (χ1v) is 7.92. The van der Waals surface area contributed by atoms with E-state index in [4.69, 9.17) is 28.3 Å². The predicted octanol–water partition coefficient (Wildman–Crippen LogP) is 1.92. The highest BCUT2D eigenvalue weighted by molar-refractivity contribution is 7.89. The van der Waals surface area contributed by atoms with Crippen molar-refractivity contribution in [2.24, 2.45) is 5.14 Å². The summed E-state index contributed by atoms with van der Waals surface area (Å²) < 4.78 is 22.7. The van der Waals surface area contributed by atoms with Crippen molar-refractivity contribution in [2.75, 3.05) is 0 Å². The number of hydrogen-bond acceptors (Lipinski definition) is 3.